The Kier molecular flexibility index (Phi) is 6.30. The van der Waals surface area contributed by atoms with Crippen molar-refractivity contribution in [3.63, 3.8) is 0 Å². The van der Waals surface area contributed by atoms with Crippen molar-refractivity contribution in [3.05, 3.63) is 72.0 Å². The zero-order chi connectivity index (χ0) is 24.5. The van der Waals surface area contributed by atoms with Crippen LogP contribution in [-0.2, 0) is 10.0 Å². The van der Waals surface area contributed by atoms with E-state index in [0.717, 1.165) is 0 Å². The van der Waals surface area contributed by atoms with Crippen LogP contribution in [0.2, 0.25) is 0 Å². The molecule has 0 spiro atoms. The summed E-state index contributed by atoms with van der Waals surface area (Å²) in [5.74, 6) is -0.0192. The van der Waals surface area contributed by atoms with Gasteiger partial charge in [-0.05, 0) is 55.0 Å². The van der Waals surface area contributed by atoms with E-state index in [1.807, 2.05) is 0 Å². The molecule has 1 amide bonds. The predicted molar refractivity (Wildman–Crippen MR) is 130 cm³/mol. The summed E-state index contributed by atoms with van der Waals surface area (Å²) in [7, 11) is -0.544. The third kappa shape index (κ3) is 4.47. The van der Waals surface area contributed by atoms with Crippen molar-refractivity contribution >= 4 is 32.6 Å². The lowest BCUT2D eigenvalue weighted by Crippen LogP contribution is -2.18. The summed E-state index contributed by atoms with van der Waals surface area (Å²) in [5, 5.41) is 3.11. The number of furan rings is 1. The van der Waals surface area contributed by atoms with Crippen LogP contribution in [0.4, 0.5) is 10.1 Å². The summed E-state index contributed by atoms with van der Waals surface area (Å²) >= 11 is 0. The van der Waals surface area contributed by atoms with Gasteiger partial charge in [0.15, 0.2) is 0 Å². The molecule has 1 aromatic heterocycles. The molecule has 2 N–H and O–H groups in total. The summed E-state index contributed by atoms with van der Waals surface area (Å²) in [6.07, 6.45) is 0. The lowest BCUT2D eigenvalue weighted by molar-refractivity contribution is 0.0964. The summed E-state index contributed by atoms with van der Waals surface area (Å²) < 4.78 is 52.2. The van der Waals surface area contributed by atoms with Crippen LogP contribution in [0, 0.1) is 5.82 Å². The number of ether oxygens (including phenoxy) is 1. The van der Waals surface area contributed by atoms with Crippen molar-refractivity contribution < 1.29 is 26.8 Å². The molecule has 4 aromatic rings. The molecule has 176 valence electrons. The highest BCUT2D eigenvalue weighted by Gasteiger charge is 2.24. The van der Waals surface area contributed by atoms with Gasteiger partial charge in [0, 0.05) is 29.6 Å². The maximum absolute atomic E-state index is 13.5. The Balaban J connectivity index is 2.01. The number of methoxy groups -OCH3 is 1. The first-order chi connectivity index (χ1) is 16.3. The Morgan fingerprint density at radius 3 is 2.26 bits per heavy atom. The normalized spacial score (nSPS) is 11.4. The number of amides is 1. The second kappa shape index (κ2) is 9.18. The van der Waals surface area contributed by atoms with Crippen molar-refractivity contribution in [2.75, 3.05) is 24.6 Å². The van der Waals surface area contributed by atoms with Crippen molar-refractivity contribution in [2.24, 2.45) is 0 Å². The van der Waals surface area contributed by atoms with Gasteiger partial charge in [-0.15, -0.1) is 0 Å². The van der Waals surface area contributed by atoms with E-state index in [1.54, 1.807) is 43.5 Å². The molecule has 9 heteroatoms. The number of carbonyl (C=O) groups is 1. The van der Waals surface area contributed by atoms with Gasteiger partial charge in [0.1, 0.15) is 22.9 Å². The maximum Gasteiger partial charge on any atom is 0.255 e. The van der Waals surface area contributed by atoms with E-state index in [2.05, 4.69) is 10.0 Å². The van der Waals surface area contributed by atoms with Gasteiger partial charge in [-0.25, -0.2) is 12.8 Å². The Hall–Kier alpha value is -3.85. The minimum atomic E-state index is -3.60. The minimum Gasteiger partial charge on any atom is -0.497 e. The van der Waals surface area contributed by atoms with E-state index in [9.17, 15) is 17.6 Å². The van der Waals surface area contributed by atoms with Crippen LogP contribution in [-0.4, -0.2) is 34.2 Å². The molecule has 0 saturated carbocycles. The van der Waals surface area contributed by atoms with Gasteiger partial charge >= 0.3 is 0 Å². The molecule has 0 bridgehead atoms. The van der Waals surface area contributed by atoms with Gasteiger partial charge in [0.25, 0.3) is 5.91 Å². The standard InChI is InChI=1S/C25H23FN2O5S/c1-4-34(30,31)28-21-14-22-20(13-19(21)15-7-11-18(32-3)12-8-15)23(25(29)27-2)24(33-22)16-5-9-17(26)10-6-16/h5-14,28H,4H2,1-3H3,(H,27,29). The van der Waals surface area contributed by atoms with Crippen LogP contribution in [0.25, 0.3) is 33.4 Å². The third-order valence-electron chi connectivity index (χ3n) is 5.44. The molecular weight excluding hydrogens is 459 g/mol. The van der Waals surface area contributed by atoms with Crippen molar-refractivity contribution in [2.45, 2.75) is 6.92 Å². The third-order valence-corrected chi connectivity index (χ3v) is 6.73. The molecule has 0 aliphatic rings. The van der Waals surface area contributed by atoms with Gasteiger partial charge in [-0.3, -0.25) is 9.52 Å². The second-order valence-electron chi connectivity index (χ2n) is 7.52. The molecule has 0 saturated heterocycles. The Bertz CT molecular complexity index is 1460. The van der Waals surface area contributed by atoms with Crippen LogP contribution >= 0.6 is 0 Å². The van der Waals surface area contributed by atoms with E-state index in [1.165, 1.54) is 38.2 Å². The van der Waals surface area contributed by atoms with Crippen molar-refractivity contribution in [1.82, 2.24) is 5.32 Å². The largest absolute Gasteiger partial charge is 0.497 e. The number of hydrogen-bond acceptors (Lipinski definition) is 5. The Morgan fingerprint density at radius 1 is 1.03 bits per heavy atom. The number of fused-ring (bicyclic) bond motifs is 1. The quantitative estimate of drug-likeness (QED) is 0.385. The molecular formula is C25H23FN2O5S. The van der Waals surface area contributed by atoms with Crippen molar-refractivity contribution in [1.29, 1.82) is 0 Å². The number of rotatable bonds is 7. The fraction of sp³-hybridized carbons (Fsp3) is 0.160. The summed E-state index contributed by atoms with van der Waals surface area (Å²) in [6, 6.07) is 16.0. The number of anilines is 1. The summed E-state index contributed by atoms with van der Waals surface area (Å²) in [4.78, 5) is 12.9. The highest BCUT2D eigenvalue weighted by molar-refractivity contribution is 7.92. The molecule has 0 aliphatic carbocycles. The molecule has 0 fully saturated rings. The monoisotopic (exact) mass is 482 g/mol. The molecule has 0 atom stereocenters. The number of nitrogens with one attached hydrogen (secondary N) is 2. The van der Waals surface area contributed by atoms with E-state index in [0.29, 0.717) is 39.1 Å². The topological polar surface area (TPSA) is 97.6 Å². The van der Waals surface area contributed by atoms with Crippen LogP contribution < -0.4 is 14.8 Å². The molecule has 1 heterocycles. The first kappa shape index (κ1) is 23.3. The van der Waals surface area contributed by atoms with Gasteiger partial charge < -0.3 is 14.5 Å². The number of halogens is 1. The lowest BCUT2D eigenvalue weighted by atomic mass is 9.98. The van der Waals surface area contributed by atoms with Crippen molar-refractivity contribution in [3.8, 4) is 28.2 Å². The number of sulfonamides is 1. The number of benzene rings is 3. The zero-order valence-corrected chi connectivity index (χ0v) is 19.6. The summed E-state index contributed by atoms with van der Waals surface area (Å²) in [5.41, 5.74) is 2.67. The van der Waals surface area contributed by atoms with E-state index >= 15 is 0 Å². The molecule has 0 radical (unpaired) electrons. The van der Waals surface area contributed by atoms with Crippen LogP contribution in [0.1, 0.15) is 17.3 Å². The van der Waals surface area contributed by atoms with Crippen LogP contribution in [0.15, 0.2) is 65.1 Å². The highest BCUT2D eigenvalue weighted by Crippen LogP contribution is 2.40. The molecule has 0 aliphatic heterocycles. The van der Waals surface area contributed by atoms with Gasteiger partial charge in [0.05, 0.1) is 24.1 Å². The Morgan fingerprint density at radius 2 is 1.68 bits per heavy atom. The molecule has 34 heavy (non-hydrogen) atoms. The lowest BCUT2D eigenvalue weighted by Gasteiger charge is -2.13. The smallest absolute Gasteiger partial charge is 0.255 e. The zero-order valence-electron chi connectivity index (χ0n) is 18.8. The number of carbonyl (C=O) groups excluding carboxylic acids is 1. The Labute approximate surface area is 196 Å². The maximum atomic E-state index is 13.5. The summed E-state index contributed by atoms with van der Waals surface area (Å²) in [6.45, 7) is 1.54. The van der Waals surface area contributed by atoms with Crippen LogP contribution in [0.5, 0.6) is 5.75 Å². The average Bonchev–Trinajstić information content (AvgIpc) is 3.21. The minimum absolute atomic E-state index is 0.116. The molecule has 0 unspecified atom stereocenters. The predicted octanol–water partition coefficient (Wildman–Crippen LogP) is 5.04. The van der Waals surface area contributed by atoms with E-state index < -0.39 is 15.8 Å². The fourth-order valence-electron chi connectivity index (χ4n) is 3.63. The second-order valence-corrected chi connectivity index (χ2v) is 9.53. The molecule has 7 nitrogen and oxygen atoms in total. The first-order valence-electron chi connectivity index (χ1n) is 10.5. The average molecular weight is 483 g/mol. The highest BCUT2D eigenvalue weighted by atomic mass is 32.2. The fourth-order valence-corrected chi connectivity index (χ4v) is 4.28. The number of hydrogen-bond donors (Lipinski definition) is 2. The SMILES string of the molecule is CCS(=O)(=O)Nc1cc2oc(-c3ccc(F)cc3)c(C(=O)NC)c2cc1-c1ccc(OC)cc1. The van der Waals surface area contributed by atoms with E-state index in [-0.39, 0.29) is 23.0 Å². The van der Waals surface area contributed by atoms with Crippen LogP contribution in [0.3, 0.4) is 0 Å². The van der Waals surface area contributed by atoms with Gasteiger partial charge in [0.2, 0.25) is 10.0 Å². The first-order valence-corrected chi connectivity index (χ1v) is 12.1. The molecule has 4 rings (SSSR count). The van der Waals surface area contributed by atoms with E-state index in [4.69, 9.17) is 9.15 Å². The molecule has 3 aromatic carbocycles. The van der Waals surface area contributed by atoms with Gasteiger partial charge in [-0.1, -0.05) is 12.1 Å². The van der Waals surface area contributed by atoms with Gasteiger partial charge in [-0.2, -0.15) is 0 Å².